The van der Waals surface area contributed by atoms with E-state index in [2.05, 4.69) is 10.2 Å². The molecular weight excluding hydrogens is 416 g/mol. The fourth-order valence-corrected chi connectivity index (χ4v) is 4.55. The molecule has 32 heavy (non-hydrogen) atoms. The topological polar surface area (TPSA) is 61.9 Å². The van der Waals surface area contributed by atoms with Crippen LogP contribution in [0.4, 0.5) is 13.6 Å². The average Bonchev–Trinajstić information content (AvgIpc) is 2.94. The highest BCUT2D eigenvalue weighted by Gasteiger charge is 2.50. The lowest BCUT2D eigenvalue weighted by Gasteiger charge is -2.33. The molecule has 1 N–H and O–H groups in total. The monoisotopic (exact) mass is 443 g/mol. The van der Waals surface area contributed by atoms with Gasteiger partial charge in [-0.25, -0.2) is 18.5 Å². The zero-order chi connectivity index (χ0) is 22.9. The minimum Gasteiger partial charge on any atom is -0.497 e. The molecule has 8 heteroatoms. The molecule has 2 aromatic carbocycles. The molecule has 170 valence electrons. The first-order chi connectivity index (χ1) is 15.3. The van der Waals surface area contributed by atoms with Crippen molar-refractivity contribution in [3.05, 3.63) is 65.2 Å². The molecule has 2 fully saturated rings. The number of urea groups is 1. The van der Waals surface area contributed by atoms with Crippen molar-refractivity contribution in [2.24, 2.45) is 0 Å². The number of ether oxygens (including phenoxy) is 1. The molecule has 2 unspecified atom stereocenters. The van der Waals surface area contributed by atoms with Crippen LogP contribution in [0.1, 0.15) is 49.8 Å². The van der Waals surface area contributed by atoms with E-state index in [1.807, 2.05) is 24.3 Å². The van der Waals surface area contributed by atoms with Crippen molar-refractivity contribution in [2.45, 2.75) is 44.2 Å². The number of carbonyl (C=O) groups is 2. The molecule has 4 rings (SSSR count). The lowest BCUT2D eigenvalue weighted by molar-refractivity contribution is -0.132. The Kier molecular flexibility index (Phi) is 6.15. The minimum absolute atomic E-state index is 0.0547. The number of amides is 3. The molecule has 0 saturated carbocycles. The van der Waals surface area contributed by atoms with E-state index in [9.17, 15) is 18.4 Å². The number of methoxy groups -OCH3 is 1. The van der Waals surface area contributed by atoms with E-state index in [1.54, 1.807) is 7.11 Å². The van der Waals surface area contributed by atoms with Gasteiger partial charge < -0.3 is 10.1 Å². The first-order valence-electron chi connectivity index (χ1n) is 10.8. The number of likely N-dealkylation sites (tertiary alicyclic amines) is 1. The number of halogens is 2. The molecule has 2 saturated heterocycles. The standard InChI is InChI=1S/C24H27F2N3O3/c1-24(17-9-12-19(25)20(26)14-17)22(30)29(23(31)27-24)15-28-13-5-3-4-6-21(28)16-7-10-18(32-2)11-8-16/h7-12,14,21H,3-6,13,15H2,1-2H3,(H,27,31). The van der Waals surface area contributed by atoms with Crippen LogP contribution in [0.3, 0.4) is 0 Å². The number of rotatable bonds is 5. The quantitative estimate of drug-likeness (QED) is 0.700. The van der Waals surface area contributed by atoms with E-state index in [-0.39, 0.29) is 18.3 Å². The smallest absolute Gasteiger partial charge is 0.326 e. The van der Waals surface area contributed by atoms with Crippen LogP contribution < -0.4 is 10.1 Å². The third kappa shape index (κ3) is 4.07. The van der Waals surface area contributed by atoms with Crippen LogP contribution in [-0.4, -0.2) is 42.1 Å². The first kappa shape index (κ1) is 22.2. The summed E-state index contributed by atoms with van der Waals surface area (Å²) < 4.78 is 32.4. The summed E-state index contributed by atoms with van der Waals surface area (Å²) >= 11 is 0. The molecular formula is C24H27F2N3O3. The van der Waals surface area contributed by atoms with Crippen LogP contribution in [-0.2, 0) is 10.3 Å². The van der Waals surface area contributed by atoms with Gasteiger partial charge in [0, 0.05) is 12.6 Å². The zero-order valence-corrected chi connectivity index (χ0v) is 18.2. The van der Waals surface area contributed by atoms with Gasteiger partial charge in [0.1, 0.15) is 11.3 Å². The summed E-state index contributed by atoms with van der Waals surface area (Å²) in [6, 6.07) is 10.6. The predicted octanol–water partition coefficient (Wildman–Crippen LogP) is 4.32. The summed E-state index contributed by atoms with van der Waals surface area (Å²) in [4.78, 5) is 29.4. The third-order valence-corrected chi connectivity index (χ3v) is 6.46. The van der Waals surface area contributed by atoms with Crippen LogP contribution in [0.15, 0.2) is 42.5 Å². The van der Waals surface area contributed by atoms with Gasteiger partial charge in [0.2, 0.25) is 0 Å². The maximum absolute atomic E-state index is 13.8. The highest BCUT2D eigenvalue weighted by Crippen LogP contribution is 2.34. The van der Waals surface area contributed by atoms with Crippen molar-refractivity contribution < 1.29 is 23.1 Å². The number of carbonyl (C=O) groups excluding carboxylic acids is 2. The van der Waals surface area contributed by atoms with Gasteiger partial charge in [-0.15, -0.1) is 0 Å². The van der Waals surface area contributed by atoms with Gasteiger partial charge in [-0.2, -0.15) is 0 Å². The molecule has 0 aliphatic carbocycles. The van der Waals surface area contributed by atoms with Gasteiger partial charge in [-0.05, 0) is 55.2 Å². The molecule has 6 nitrogen and oxygen atoms in total. The highest BCUT2D eigenvalue weighted by atomic mass is 19.2. The van der Waals surface area contributed by atoms with Crippen molar-refractivity contribution in [1.29, 1.82) is 0 Å². The Balaban J connectivity index is 1.58. The number of nitrogens with one attached hydrogen (secondary N) is 1. The van der Waals surface area contributed by atoms with E-state index in [0.717, 1.165) is 55.7 Å². The molecule has 0 bridgehead atoms. The van der Waals surface area contributed by atoms with Crippen LogP contribution in [0, 0.1) is 11.6 Å². The molecule has 3 amide bonds. The van der Waals surface area contributed by atoms with E-state index >= 15 is 0 Å². The van der Waals surface area contributed by atoms with E-state index in [0.29, 0.717) is 0 Å². The van der Waals surface area contributed by atoms with Gasteiger partial charge in [-0.3, -0.25) is 9.69 Å². The normalized spacial score (nSPS) is 24.4. The van der Waals surface area contributed by atoms with E-state index in [4.69, 9.17) is 4.74 Å². The molecule has 2 aliphatic rings. The molecule has 2 heterocycles. The SMILES string of the molecule is COc1ccc(C2CCCCCN2CN2C(=O)NC(C)(c3ccc(F)c(F)c3)C2=O)cc1. The molecule has 0 radical (unpaired) electrons. The van der Waals surface area contributed by atoms with Crippen molar-refractivity contribution in [1.82, 2.24) is 15.1 Å². The second-order valence-corrected chi connectivity index (χ2v) is 8.51. The Hall–Kier alpha value is -3.00. The van der Waals surface area contributed by atoms with E-state index in [1.165, 1.54) is 17.9 Å². The van der Waals surface area contributed by atoms with Gasteiger partial charge >= 0.3 is 6.03 Å². The Labute approximate surface area is 186 Å². The van der Waals surface area contributed by atoms with Gasteiger partial charge in [-0.1, -0.05) is 31.0 Å². The second-order valence-electron chi connectivity index (χ2n) is 8.51. The molecule has 2 atom stereocenters. The average molecular weight is 443 g/mol. The van der Waals surface area contributed by atoms with Crippen molar-refractivity contribution in [3.63, 3.8) is 0 Å². The fraction of sp³-hybridized carbons (Fsp3) is 0.417. The second kappa shape index (κ2) is 8.86. The summed E-state index contributed by atoms with van der Waals surface area (Å²) in [5.41, 5.74) is -0.143. The Morgan fingerprint density at radius 2 is 1.81 bits per heavy atom. The zero-order valence-electron chi connectivity index (χ0n) is 18.2. The minimum atomic E-state index is -1.45. The third-order valence-electron chi connectivity index (χ3n) is 6.46. The number of nitrogens with zero attached hydrogens (tertiary/aromatic N) is 2. The van der Waals surface area contributed by atoms with Crippen LogP contribution in [0.5, 0.6) is 5.75 Å². The Morgan fingerprint density at radius 1 is 1.06 bits per heavy atom. The number of imide groups is 1. The Morgan fingerprint density at radius 3 is 2.50 bits per heavy atom. The van der Waals surface area contributed by atoms with Crippen LogP contribution in [0.2, 0.25) is 0 Å². The molecule has 0 spiro atoms. The largest absolute Gasteiger partial charge is 0.497 e. The van der Waals surface area contributed by atoms with Crippen LogP contribution >= 0.6 is 0 Å². The number of benzene rings is 2. The lowest BCUT2D eigenvalue weighted by Crippen LogP contribution is -2.45. The molecule has 2 aromatic rings. The van der Waals surface area contributed by atoms with Crippen molar-refractivity contribution >= 4 is 11.9 Å². The summed E-state index contributed by atoms with van der Waals surface area (Å²) in [7, 11) is 1.62. The van der Waals surface area contributed by atoms with Crippen LogP contribution in [0.25, 0.3) is 0 Å². The van der Waals surface area contributed by atoms with Gasteiger partial charge in [0.25, 0.3) is 5.91 Å². The maximum atomic E-state index is 13.8. The summed E-state index contributed by atoms with van der Waals surface area (Å²) in [5.74, 6) is -1.77. The molecule has 0 aromatic heterocycles. The lowest BCUT2D eigenvalue weighted by atomic mass is 9.92. The summed E-state index contributed by atoms with van der Waals surface area (Å²) in [6.07, 6.45) is 4.02. The van der Waals surface area contributed by atoms with Crippen molar-refractivity contribution in [2.75, 3.05) is 20.3 Å². The molecule has 2 aliphatic heterocycles. The fourth-order valence-electron chi connectivity index (χ4n) is 4.55. The van der Waals surface area contributed by atoms with Gasteiger partial charge in [0.05, 0.1) is 13.8 Å². The summed E-state index contributed by atoms with van der Waals surface area (Å²) in [6.45, 7) is 2.39. The van der Waals surface area contributed by atoms with Gasteiger partial charge in [0.15, 0.2) is 11.6 Å². The van der Waals surface area contributed by atoms with E-state index < -0.39 is 29.1 Å². The first-order valence-corrected chi connectivity index (χ1v) is 10.8. The number of hydrogen-bond acceptors (Lipinski definition) is 4. The highest BCUT2D eigenvalue weighted by molar-refractivity contribution is 6.07. The van der Waals surface area contributed by atoms with Crippen molar-refractivity contribution in [3.8, 4) is 5.75 Å². The maximum Gasteiger partial charge on any atom is 0.326 e. The summed E-state index contributed by atoms with van der Waals surface area (Å²) in [5, 5.41) is 2.67. The number of hydrogen-bond donors (Lipinski definition) is 1. The Bertz CT molecular complexity index is 1010. The predicted molar refractivity (Wildman–Crippen MR) is 115 cm³/mol.